The zero-order valence-corrected chi connectivity index (χ0v) is 18.4. The molecule has 1 amide bonds. The van der Waals surface area contributed by atoms with Gasteiger partial charge in [0, 0.05) is 45.9 Å². The Labute approximate surface area is 186 Å². The van der Waals surface area contributed by atoms with E-state index in [0.717, 1.165) is 38.1 Å². The van der Waals surface area contributed by atoms with Gasteiger partial charge in [-0.25, -0.2) is 4.39 Å². The summed E-state index contributed by atoms with van der Waals surface area (Å²) in [7, 11) is 3.35. The monoisotopic (exact) mass is 441 g/mol. The molecule has 2 aromatic carbocycles. The molecule has 2 aliphatic rings. The second-order valence-electron chi connectivity index (χ2n) is 8.91. The van der Waals surface area contributed by atoms with E-state index in [0.29, 0.717) is 13.2 Å². The number of fused-ring (bicyclic) bond motifs is 2. The number of hydrogen-bond acceptors (Lipinski definition) is 5. The molecule has 0 saturated carbocycles. The van der Waals surface area contributed by atoms with E-state index in [1.165, 1.54) is 22.1 Å². The second-order valence-corrected chi connectivity index (χ2v) is 8.91. The van der Waals surface area contributed by atoms with Crippen molar-refractivity contribution in [3.8, 4) is 0 Å². The third-order valence-electron chi connectivity index (χ3n) is 6.65. The molecule has 1 fully saturated rings. The Morgan fingerprint density at radius 3 is 2.66 bits per heavy atom. The number of hydrogen-bond donors (Lipinski definition) is 0. The molecule has 0 aromatic heterocycles. The van der Waals surface area contributed by atoms with Crippen molar-refractivity contribution in [3.05, 3.63) is 75.1 Å². The first-order valence-corrected chi connectivity index (χ1v) is 10.9. The summed E-state index contributed by atoms with van der Waals surface area (Å²) in [5.74, 6) is -1.13. The molecule has 1 saturated heterocycles. The van der Waals surface area contributed by atoms with Gasteiger partial charge in [0.25, 0.3) is 5.69 Å². The van der Waals surface area contributed by atoms with Crippen molar-refractivity contribution in [2.75, 3.05) is 33.7 Å². The third kappa shape index (κ3) is 4.38. The number of nitrogens with zero attached hydrogens (tertiary/aromatic N) is 3. The summed E-state index contributed by atoms with van der Waals surface area (Å²) in [6.45, 7) is 2.63. The van der Waals surface area contributed by atoms with E-state index in [4.69, 9.17) is 4.74 Å². The molecule has 1 unspecified atom stereocenters. The summed E-state index contributed by atoms with van der Waals surface area (Å²) in [6.07, 6.45) is 1.78. The van der Waals surface area contributed by atoms with Crippen LogP contribution in [0.2, 0.25) is 0 Å². The lowest BCUT2D eigenvalue weighted by Crippen LogP contribution is -2.46. The molecule has 2 heterocycles. The average molecular weight is 442 g/mol. The number of ether oxygens (including phenoxy) is 1. The van der Waals surface area contributed by atoms with Crippen LogP contribution in [-0.2, 0) is 28.2 Å². The summed E-state index contributed by atoms with van der Waals surface area (Å²) < 4.78 is 20.6. The second kappa shape index (κ2) is 8.96. The Bertz CT molecular complexity index is 1020. The molecule has 2 aliphatic heterocycles. The normalized spacial score (nSPS) is 18.3. The van der Waals surface area contributed by atoms with Crippen LogP contribution in [0.5, 0.6) is 0 Å². The molecule has 4 rings (SSSR count). The zero-order chi connectivity index (χ0) is 22.9. The number of likely N-dealkylation sites (tertiary alicyclic amines) is 1. The maximum absolute atomic E-state index is 14.4. The van der Waals surface area contributed by atoms with Crippen LogP contribution >= 0.6 is 0 Å². The third-order valence-corrected chi connectivity index (χ3v) is 6.65. The lowest BCUT2D eigenvalue weighted by atomic mass is 9.83. The largest absolute Gasteiger partial charge is 0.365 e. The van der Waals surface area contributed by atoms with E-state index in [2.05, 4.69) is 17.0 Å². The summed E-state index contributed by atoms with van der Waals surface area (Å²) in [5.41, 5.74) is 2.26. The number of benzene rings is 2. The highest BCUT2D eigenvalue weighted by molar-refractivity contribution is 5.79. The van der Waals surface area contributed by atoms with Gasteiger partial charge in [-0.2, -0.15) is 0 Å². The van der Waals surface area contributed by atoms with Gasteiger partial charge in [0.05, 0.1) is 23.0 Å². The fourth-order valence-corrected chi connectivity index (χ4v) is 4.90. The number of non-ortho nitro benzene ring substituents is 1. The minimum Gasteiger partial charge on any atom is -0.365 e. The first kappa shape index (κ1) is 22.4. The molecular formula is C24H28FN3O4. The fraction of sp³-hybridized carbons (Fsp3) is 0.458. The van der Waals surface area contributed by atoms with E-state index in [1.54, 1.807) is 14.1 Å². The van der Waals surface area contributed by atoms with Crippen LogP contribution in [0.3, 0.4) is 0 Å². The van der Waals surface area contributed by atoms with Crippen molar-refractivity contribution in [2.24, 2.45) is 5.92 Å². The SMILES string of the molecule is CN(C)C(=O)C(Cc1cc([N+](=O)[O-])ccc1F)CN1CCC2(CC1)OCc1ccccc12. The smallest absolute Gasteiger partial charge is 0.269 e. The minimum atomic E-state index is -0.546. The Morgan fingerprint density at radius 2 is 1.97 bits per heavy atom. The van der Waals surface area contributed by atoms with Gasteiger partial charge in [-0.1, -0.05) is 24.3 Å². The topological polar surface area (TPSA) is 75.9 Å². The van der Waals surface area contributed by atoms with Crippen molar-refractivity contribution in [3.63, 3.8) is 0 Å². The summed E-state index contributed by atoms with van der Waals surface area (Å²) in [4.78, 5) is 27.2. The van der Waals surface area contributed by atoms with Crippen molar-refractivity contribution < 1.29 is 18.8 Å². The number of halogens is 1. The van der Waals surface area contributed by atoms with E-state index >= 15 is 0 Å². The summed E-state index contributed by atoms with van der Waals surface area (Å²) in [5, 5.41) is 11.1. The predicted octanol–water partition coefficient (Wildman–Crippen LogP) is 3.50. The molecule has 0 N–H and O–H groups in total. The molecule has 7 nitrogen and oxygen atoms in total. The van der Waals surface area contributed by atoms with Crippen molar-refractivity contribution in [2.45, 2.75) is 31.5 Å². The fourth-order valence-electron chi connectivity index (χ4n) is 4.90. The van der Waals surface area contributed by atoms with Gasteiger partial charge in [-0.15, -0.1) is 0 Å². The standard InChI is InChI=1S/C24H28FN3O4/c1-26(2)23(29)19(13-18-14-20(28(30)31)7-8-22(18)25)15-27-11-9-24(10-12-27)21-6-4-3-5-17(21)16-32-24/h3-8,14,19H,9-13,15-16H2,1-2H3. The molecular weight excluding hydrogens is 413 g/mol. The maximum Gasteiger partial charge on any atom is 0.269 e. The molecule has 0 bridgehead atoms. The van der Waals surface area contributed by atoms with Gasteiger partial charge < -0.3 is 14.5 Å². The van der Waals surface area contributed by atoms with Gasteiger partial charge in [0.15, 0.2) is 0 Å². The van der Waals surface area contributed by atoms with E-state index in [9.17, 15) is 19.3 Å². The van der Waals surface area contributed by atoms with E-state index in [-0.39, 0.29) is 29.2 Å². The first-order valence-electron chi connectivity index (χ1n) is 10.9. The number of carbonyl (C=O) groups is 1. The van der Waals surface area contributed by atoms with Gasteiger partial charge in [-0.3, -0.25) is 14.9 Å². The van der Waals surface area contributed by atoms with Crippen LogP contribution in [0, 0.1) is 21.8 Å². The molecule has 32 heavy (non-hydrogen) atoms. The van der Waals surface area contributed by atoms with Gasteiger partial charge in [0.2, 0.25) is 5.91 Å². The number of carbonyl (C=O) groups excluding carboxylic acids is 1. The number of piperidine rings is 1. The van der Waals surface area contributed by atoms with Crippen LogP contribution in [0.25, 0.3) is 0 Å². The molecule has 170 valence electrons. The number of nitro groups is 1. The van der Waals surface area contributed by atoms with Crippen molar-refractivity contribution in [1.29, 1.82) is 0 Å². The van der Waals surface area contributed by atoms with Gasteiger partial charge in [-0.05, 0) is 42.0 Å². The molecule has 0 aliphatic carbocycles. The number of rotatable bonds is 6. The average Bonchev–Trinajstić information content (AvgIpc) is 3.14. The van der Waals surface area contributed by atoms with Crippen LogP contribution < -0.4 is 0 Å². The Morgan fingerprint density at radius 1 is 1.25 bits per heavy atom. The lowest BCUT2D eigenvalue weighted by Gasteiger charge is -2.40. The van der Waals surface area contributed by atoms with E-state index < -0.39 is 16.7 Å². The molecule has 2 aromatic rings. The highest BCUT2D eigenvalue weighted by Gasteiger charge is 2.42. The predicted molar refractivity (Wildman–Crippen MR) is 118 cm³/mol. The number of nitro benzene ring substituents is 1. The summed E-state index contributed by atoms with van der Waals surface area (Å²) >= 11 is 0. The first-order chi connectivity index (χ1) is 15.3. The van der Waals surface area contributed by atoms with Gasteiger partial charge >= 0.3 is 0 Å². The van der Waals surface area contributed by atoms with Crippen molar-refractivity contribution >= 4 is 11.6 Å². The summed E-state index contributed by atoms with van der Waals surface area (Å²) in [6, 6.07) is 11.8. The molecule has 1 spiro atoms. The highest BCUT2D eigenvalue weighted by Crippen LogP contribution is 2.44. The quantitative estimate of drug-likeness (QED) is 0.507. The maximum atomic E-state index is 14.4. The van der Waals surface area contributed by atoms with E-state index in [1.807, 2.05) is 12.1 Å². The van der Waals surface area contributed by atoms with Crippen molar-refractivity contribution in [1.82, 2.24) is 9.80 Å². The molecule has 8 heteroatoms. The van der Waals surface area contributed by atoms with Gasteiger partial charge in [0.1, 0.15) is 5.82 Å². The zero-order valence-electron chi connectivity index (χ0n) is 18.4. The van der Waals surface area contributed by atoms with Crippen LogP contribution in [0.4, 0.5) is 10.1 Å². The molecule has 0 radical (unpaired) electrons. The molecule has 1 atom stereocenters. The lowest BCUT2D eigenvalue weighted by molar-refractivity contribution is -0.385. The minimum absolute atomic E-state index is 0.112. The van der Waals surface area contributed by atoms with Crippen LogP contribution in [0.15, 0.2) is 42.5 Å². The highest BCUT2D eigenvalue weighted by atomic mass is 19.1. The Hall–Kier alpha value is -2.84. The number of amides is 1. The van der Waals surface area contributed by atoms with Crippen LogP contribution in [0.1, 0.15) is 29.5 Å². The van der Waals surface area contributed by atoms with Crippen LogP contribution in [-0.4, -0.2) is 54.4 Å². The Balaban J connectivity index is 1.47. The Kier molecular flexibility index (Phi) is 6.26.